The maximum atomic E-state index is 12.2. The third-order valence-electron chi connectivity index (χ3n) is 3.25. The van der Waals surface area contributed by atoms with Crippen molar-refractivity contribution in [1.82, 2.24) is 13.9 Å². The van der Waals surface area contributed by atoms with Crippen LogP contribution >= 0.6 is 0 Å². The Morgan fingerprint density at radius 2 is 1.95 bits per heavy atom. The fourth-order valence-electron chi connectivity index (χ4n) is 2.15. The van der Waals surface area contributed by atoms with Crippen molar-refractivity contribution in [3.63, 3.8) is 0 Å². The van der Waals surface area contributed by atoms with E-state index in [9.17, 15) is 24.3 Å². The number of allylic oxidation sites excluding steroid dienone is 1. The molecule has 0 aromatic carbocycles. The van der Waals surface area contributed by atoms with E-state index in [1.807, 2.05) is 0 Å². The molecule has 20 heavy (non-hydrogen) atoms. The van der Waals surface area contributed by atoms with E-state index in [1.54, 1.807) is 0 Å². The van der Waals surface area contributed by atoms with E-state index in [0.717, 1.165) is 13.9 Å². The second-order valence-corrected chi connectivity index (χ2v) is 4.61. The molecule has 0 bridgehead atoms. The first kappa shape index (κ1) is 13.8. The number of fused-ring (bicyclic) bond motifs is 1. The van der Waals surface area contributed by atoms with Crippen molar-refractivity contribution in [2.45, 2.75) is 32.0 Å². The van der Waals surface area contributed by atoms with Crippen molar-refractivity contribution in [1.29, 1.82) is 0 Å². The van der Waals surface area contributed by atoms with Gasteiger partial charge < -0.3 is 10.2 Å². The summed E-state index contributed by atoms with van der Waals surface area (Å²) >= 11 is 0. The molecule has 0 aliphatic carbocycles. The lowest BCUT2D eigenvalue weighted by atomic mass is 10.0. The highest BCUT2D eigenvalue weighted by Crippen LogP contribution is 2.19. The second kappa shape index (κ2) is 4.51. The maximum Gasteiger partial charge on any atom is 0.348 e. The molecular weight excluding hydrogens is 270 g/mol. The van der Waals surface area contributed by atoms with Crippen LogP contribution in [0.5, 0.6) is 0 Å². The summed E-state index contributed by atoms with van der Waals surface area (Å²) < 4.78 is 2.58. The highest BCUT2D eigenvalue weighted by molar-refractivity contribution is 5.78. The van der Waals surface area contributed by atoms with Gasteiger partial charge in [0, 0.05) is 6.54 Å². The lowest BCUT2D eigenvalue weighted by molar-refractivity contribution is -0.145. The van der Waals surface area contributed by atoms with Crippen LogP contribution in [0.15, 0.2) is 21.7 Å². The molecule has 0 fully saturated rings. The third-order valence-corrected chi connectivity index (χ3v) is 3.25. The number of hydrogen-bond acceptors (Lipinski definition) is 4. The average molecular weight is 283 g/mol. The minimum absolute atomic E-state index is 0.0665. The minimum atomic E-state index is -1.66. The van der Waals surface area contributed by atoms with Crippen LogP contribution in [-0.4, -0.2) is 36.1 Å². The van der Waals surface area contributed by atoms with Gasteiger partial charge in [0.2, 0.25) is 0 Å². The molecular formula is C11H13N3O6. The molecule has 0 saturated heterocycles. The summed E-state index contributed by atoms with van der Waals surface area (Å²) in [6.07, 6.45) is 2.42. The molecule has 0 spiro atoms. The molecule has 2 N–H and O–H groups in total. The van der Waals surface area contributed by atoms with Crippen LogP contribution < -0.4 is 11.4 Å². The smallest absolute Gasteiger partial charge is 0.348 e. The van der Waals surface area contributed by atoms with Gasteiger partial charge in [0.1, 0.15) is 0 Å². The Balaban J connectivity index is 2.62. The average Bonchev–Trinajstić information content (AvgIpc) is 2.61. The van der Waals surface area contributed by atoms with E-state index < -0.39 is 35.3 Å². The SMILES string of the molecule is CC1(C(=O)O)C=CCn2c(=O)n(CCC(=O)O)c(=O)n21. The molecule has 1 aliphatic rings. The van der Waals surface area contributed by atoms with E-state index in [-0.39, 0.29) is 13.1 Å². The van der Waals surface area contributed by atoms with Gasteiger partial charge in [-0.05, 0) is 13.0 Å². The van der Waals surface area contributed by atoms with Crippen molar-refractivity contribution in [3.8, 4) is 0 Å². The molecule has 2 rings (SSSR count). The van der Waals surface area contributed by atoms with Gasteiger partial charge in [-0.1, -0.05) is 6.08 Å². The summed E-state index contributed by atoms with van der Waals surface area (Å²) in [6, 6.07) is 0. The number of rotatable bonds is 4. The van der Waals surface area contributed by atoms with E-state index in [0.29, 0.717) is 0 Å². The number of carboxylic acids is 2. The zero-order valence-corrected chi connectivity index (χ0v) is 10.6. The number of nitrogens with zero attached hydrogens (tertiary/aromatic N) is 3. The standard InChI is InChI=1S/C11H13N3O6/c1-11(8(17)18)4-2-5-13-9(19)12(6-3-7(15)16)10(20)14(11)13/h2,4H,3,5-6H2,1H3,(H,15,16)(H,17,18). The summed E-state index contributed by atoms with van der Waals surface area (Å²) in [4.78, 5) is 46.1. The molecule has 108 valence electrons. The molecule has 1 unspecified atom stereocenters. The van der Waals surface area contributed by atoms with E-state index >= 15 is 0 Å². The zero-order chi connectivity index (χ0) is 15.1. The zero-order valence-electron chi connectivity index (χ0n) is 10.6. The van der Waals surface area contributed by atoms with Crippen molar-refractivity contribution in [3.05, 3.63) is 33.1 Å². The van der Waals surface area contributed by atoms with Crippen molar-refractivity contribution < 1.29 is 19.8 Å². The lowest BCUT2D eigenvalue weighted by Crippen LogP contribution is -2.49. The van der Waals surface area contributed by atoms with Crippen molar-refractivity contribution >= 4 is 11.9 Å². The van der Waals surface area contributed by atoms with Crippen molar-refractivity contribution in [2.24, 2.45) is 0 Å². The van der Waals surface area contributed by atoms with Crippen LogP contribution in [0.4, 0.5) is 0 Å². The highest BCUT2D eigenvalue weighted by Gasteiger charge is 2.39. The van der Waals surface area contributed by atoms with Crippen LogP contribution in [0.3, 0.4) is 0 Å². The Morgan fingerprint density at radius 3 is 2.50 bits per heavy atom. The van der Waals surface area contributed by atoms with Crippen LogP contribution in [0.25, 0.3) is 0 Å². The van der Waals surface area contributed by atoms with E-state index in [4.69, 9.17) is 5.11 Å². The van der Waals surface area contributed by atoms with Crippen LogP contribution in [0.1, 0.15) is 13.3 Å². The number of aliphatic carboxylic acids is 2. The first-order chi connectivity index (χ1) is 9.29. The van der Waals surface area contributed by atoms with Gasteiger partial charge in [0.15, 0.2) is 5.54 Å². The Labute approximate surface area is 112 Å². The number of hydrogen-bond donors (Lipinski definition) is 2. The van der Waals surface area contributed by atoms with Gasteiger partial charge in [-0.15, -0.1) is 0 Å². The molecule has 0 radical (unpaired) electrons. The fourth-order valence-corrected chi connectivity index (χ4v) is 2.15. The summed E-state index contributed by atoms with van der Waals surface area (Å²) in [7, 11) is 0. The quantitative estimate of drug-likeness (QED) is 0.659. The molecule has 1 aliphatic heterocycles. The highest BCUT2D eigenvalue weighted by atomic mass is 16.4. The van der Waals surface area contributed by atoms with Crippen molar-refractivity contribution in [2.75, 3.05) is 0 Å². The van der Waals surface area contributed by atoms with Gasteiger partial charge in [-0.2, -0.15) is 0 Å². The monoisotopic (exact) mass is 283 g/mol. The predicted molar refractivity (Wildman–Crippen MR) is 65.6 cm³/mol. The Kier molecular flexibility index (Phi) is 3.12. The van der Waals surface area contributed by atoms with Gasteiger partial charge in [-0.3, -0.25) is 4.79 Å². The van der Waals surface area contributed by atoms with Gasteiger partial charge in [0.25, 0.3) is 0 Å². The molecule has 0 amide bonds. The molecule has 9 heteroatoms. The topological polar surface area (TPSA) is 124 Å². The summed E-state index contributed by atoms with van der Waals surface area (Å²) in [5.74, 6) is -2.43. The Bertz CT molecular complexity index is 721. The molecule has 1 aromatic heterocycles. The summed E-state index contributed by atoms with van der Waals surface area (Å²) in [5.41, 5.74) is -3.21. The van der Waals surface area contributed by atoms with Gasteiger partial charge in [-0.25, -0.2) is 28.3 Å². The third kappa shape index (κ3) is 1.87. The molecule has 9 nitrogen and oxygen atoms in total. The van der Waals surface area contributed by atoms with Crippen LogP contribution in [0, 0.1) is 0 Å². The Hall–Kier alpha value is -2.58. The molecule has 2 heterocycles. The first-order valence-electron chi connectivity index (χ1n) is 5.85. The molecule has 1 atom stereocenters. The predicted octanol–water partition coefficient (Wildman–Crippen LogP) is -1.34. The summed E-state index contributed by atoms with van der Waals surface area (Å²) in [5, 5.41) is 17.9. The second-order valence-electron chi connectivity index (χ2n) is 4.61. The van der Waals surface area contributed by atoms with Crippen LogP contribution in [-0.2, 0) is 28.2 Å². The minimum Gasteiger partial charge on any atom is -0.481 e. The fraction of sp³-hybridized carbons (Fsp3) is 0.455. The summed E-state index contributed by atoms with van der Waals surface area (Å²) in [6.45, 7) is 1.07. The van der Waals surface area contributed by atoms with Gasteiger partial charge in [0.05, 0.1) is 13.0 Å². The Morgan fingerprint density at radius 1 is 1.30 bits per heavy atom. The van der Waals surface area contributed by atoms with E-state index in [1.165, 1.54) is 19.1 Å². The number of carboxylic acid groups (broad SMARTS) is 2. The molecule has 0 saturated carbocycles. The van der Waals surface area contributed by atoms with Crippen LogP contribution in [0.2, 0.25) is 0 Å². The number of aromatic nitrogens is 3. The number of carbonyl (C=O) groups is 2. The normalized spacial score (nSPS) is 20.6. The first-order valence-corrected chi connectivity index (χ1v) is 5.85. The van der Waals surface area contributed by atoms with Gasteiger partial charge >= 0.3 is 23.3 Å². The van der Waals surface area contributed by atoms with E-state index in [2.05, 4.69) is 0 Å². The molecule has 1 aromatic rings. The maximum absolute atomic E-state index is 12.2. The largest absolute Gasteiger partial charge is 0.481 e. The lowest BCUT2D eigenvalue weighted by Gasteiger charge is -2.27.